The number of hydrogen-bond donors (Lipinski definition) is 0. The van der Waals surface area contributed by atoms with Gasteiger partial charge in [-0.05, 0) is 175 Å². The van der Waals surface area contributed by atoms with Crippen LogP contribution in [-0.2, 0) is 16.2 Å². The van der Waals surface area contributed by atoms with Crippen LogP contribution in [0.2, 0.25) is 0 Å². The Labute approximate surface area is 445 Å². The first kappa shape index (κ1) is 43.8. The molecule has 6 aliphatic carbocycles. The van der Waals surface area contributed by atoms with E-state index in [1.54, 1.807) is 0 Å². The van der Waals surface area contributed by atoms with Crippen molar-refractivity contribution in [1.29, 1.82) is 0 Å². The van der Waals surface area contributed by atoms with Gasteiger partial charge in [-0.1, -0.05) is 208 Å². The number of fused-ring (bicyclic) bond motifs is 20. The van der Waals surface area contributed by atoms with Gasteiger partial charge < -0.3 is 4.57 Å². The number of pyridine rings is 1. The van der Waals surface area contributed by atoms with Crippen molar-refractivity contribution in [3.63, 3.8) is 0 Å². The van der Waals surface area contributed by atoms with E-state index in [0.717, 1.165) is 49.8 Å². The maximum absolute atomic E-state index is 5.33. The van der Waals surface area contributed by atoms with Crippen molar-refractivity contribution < 1.29 is 0 Å². The Hall–Kier alpha value is -8.59. The maximum atomic E-state index is 5.33. The summed E-state index contributed by atoms with van der Waals surface area (Å²) < 4.78 is 2.46. The predicted octanol–water partition coefficient (Wildman–Crippen LogP) is 18.3. The van der Waals surface area contributed by atoms with Gasteiger partial charge in [-0.3, -0.25) is 4.98 Å². The lowest BCUT2D eigenvalue weighted by Gasteiger charge is -2.51. The second kappa shape index (κ2) is 16.2. The number of allylic oxidation sites excluding steroid dienone is 8. The molecule has 6 aliphatic rings. The van der Waals surface area contributed by atoms with Gasteiger partial charge >= 0.3 is 0 Å². The van der Waals surface area contributed by atoms with Crippen molar-refractivity contribution >= 4 is 45.1 Å². The number of para-hydroxylation sites is 2. The van der Waals surface area contributed by atoms with E-state index in [2.05, 4.69) is 249 Å². The summed E-state index contributed by atoms with van der Waals surface area (Å²) in [6.07, 6.45) is 20.2. The first-order valence-electron chi connectivity index (χ1n) is 27.7. The Kier molecular flexibility index (Phi) is 9.33. The second-order valence-electron chi connectivity index (χ2n) is 22.1. The van der Waals surface area contributed by atoms with E-state index >= 15 is 0 Å². The van der Waals surface area contributed by atoms with Crippen LogP contribution in [-0.4, -0.2) is 9.55 Å². The number of benzene rings is 8. The molecule has 76 heavy (non-hydrogen) atoms. The van der Waals surface area contributed by atoms with E-state index in [0.29, 0.717) is 0 Å². The second-order valence-corrected chi connectivity index (χ2v) is 22.1. The minimum Gasteiger partial charge on any atom is -0.309 e. The van der Waals surface area contributed by atoms with Crippen molar-refractivity contribution in [2.24, 2.45) is 0 Å². The Morgan fingerprint density at radius 3 is 1.70 bits per heavy atom. The van der Waals surface area contributed by atoms with Gasteiger partial charge in [0, 0.05) is 28.1 Å². The standard InChI is InChI=1S/C74H56N2/c1-3-72(4-2)66-43-47(35-39-55(66)56-40-38-50(45-67(56)72)76-70-31-17-9-23-57(70)58-24-10-18-32-71(58)76)33-34-48-36-42-69(75-46-48)49-37-41-65-68(44-49)74(61-27-13-7-21-53(61)54-22-8-14-28-62(54)74)64-30-16-15-29-63(64)73(65)59-25-11-5-19-51(59)52-20-6-12-26-60(52)73/h5-7,9-21,23-36,38-40,42-46H,3-4,8,22,37,41H2,1-2H3/b34-33+. The van der Waals surface area contributed by atoms with Gasteiger partial charge in [0.15, 0.2) is 0 Å². The van der Waals surface area contributed by atoms with E-state index < -0.39 is 10.8 Å². The smallest absolute Gasteiger partial charge is 0.0713 e. The molecule has 2 nitrogen and oxygen atoms in total. The Balaban J connectivity index is 0.785. The first-order valence-corrected chi connectivity index (χ1v) is 27.7. The van der Waals surface area contributed by atoms with E-state index in [4.69, 9.17) is 4.98 Å². The lowest BCUT2D eigenvalue weighted by Crippen LogP contribution is -2.45. The monoisotopic (exact) mass is 972 g/mol. The van der Waals surface area contributed by atoms with Crippen LogP contribution in [0.4, 0.5) is 0 Å². The van der Waals surface area contributed by atoms with Gasteiger partial charge in [-0.15, -0.1) is 0 Å². The molecule has 2 spiro atoms. The molecule has 1 unspecified atom stereocenters. The highest BCUT2D eigenvalue weighted by atomic mass is 15.0. The minimum absolute atomic E-state index is 0.0787. The highest BCUT2D eigenvalue weighted by molar-refractivity contribution is 6.09. The fourth-order valence-electron chi connectivity index (χ4n) is 15.9. The van der Waals surface area contributed by atoms with Crippen molar-refractivity contribution in [2.45, 2.75) is 68.6 Å². The van der Waals surface area contributed by atoms with E-state index in [9.17, 15) is 0 Å². The van der Waals surface area contributed by atoms with Crippen LogP contribution in [0.15, 0.2) is 235 Å². The van der Waals surface area contributed by atoms with E-state index in [1.165, 1.54) is 128 Å². The van der Waals surface area contributed by atoms with Crippen molar-refractivity contribution in [2.75, 3.05) is 0 Å². The molecule has 362 valence electrons. The third kappa shape index (κ3) is 5.59. The molecule has 0 amide bonds. The van der Waals surface area contributed by atoms with Crippen molar-refractivity contribution in [3.05, 3.63) is 297 Å². The summed E-state index contributed by atoms with van der Waals surface area (Å²) in [4.78, 5) is 5.33. The highest BCUT2D eigenvalue weighted by Crippen LogP contribution is 2.69. The Morgan fingerprint density at radius 1 is 0.474 bits per heavy atom. The topological polar surface area (TPSA) is 17.8 Å². The molecular formula is C74H56N2. The molecule has 2 heterocycles. The molecule has 10 aromatic rings. The molecular weight excluding hydrogens is 917 g/mol. The molecule has 2 aromatic heterocycles. The average Bonchev–Trinajstić information content (AvgIpc) is 4.04. The van der Waals surface area contributed by atoms with Crippen LogP contribution in [0.3, 0.4) is 0 Å². The molecule has 0 radical (unpaired) electrons. The van der Waals surface area contributed by atoms with E-state index in [1.807, 2.05) is 0 Å². The fraction of sp³-hybridized carbons (Fsp3) is 0.149. The van der Waals surface area contributed by atoms with Gasteiger partial charge in [-0.25, -0.2) is 0 Å². The lowest BCUT2D eigenvalue weighted by atomic mass is 9.50. The van der Waals surface area contributed by atoms with Gasteiger partial charge in [0.05, 0.1) is 27.6 Å². The number of rotatable bonds is 6. The first-order chi connectivity index (χ1) is 37.6. The van der Waals surface area contributed by atoms with Crippen LogP contribution in [0, 0.1) is 0 Å². The number of aromatic nitrogens is 2. The Morgan fingerprint density at radius 2 is 1.03 bits per heavy atom. The summed E-state index contributed by atoms with van der Waals surface area (Å²) in [5, 5.41) is 2.59. The summed E-state index contributed by atoms with van der Waals surface area (Å²) >= 11 is 0. The zero-order valence-electron chi connectivity index (χ0n) is 43.1. The molecule has 0 bridgehead atoms. The summed E-state index contributed by atoms with van der Waals surface area (Å²) in [5.41, 5.74) is 30.2. The Bertz CT molecular complexity index is 4210. The maximum Gasteiger partial charge on any atom is 0.0713 e. The average molecular weight is 973 g/mol. The third-order valence-corrected chi connectivity index (χ3v) is 19.1. The fourth-order valence-corrected chi connectivity index (χ4v) is 15.9. The number of nitrogens with zero attached hydrogens (tertiary/aromatic N) is 2. The predicted molar refractivity (Wildman–Crippen MR) is 316 cm³/mol. The third-order valence-electron chi connectivity index (χ3n) is 19.1. The SMILES string of the molecule is CCC1(CC)c2cc(/C=C/c3ccc(C4=CC5=C(CC4)C4(c6ccccc6-c6ccccc64)c4ccccc4C54C5=C(CCC=C5)c5ccccc54)nc3)ccc2-c2ccc(-n3c4ccccc4c4ccccc43)cc21. The highest BCUT2D eigenvalue weighted by Gasteiger charge is 2.60. The lowest BCUT2D eigenvalue weighted by molar-refractivity contribution is 0.490. The molecule has 2 heteroatoms. The van der Waals surface area contributed by atoms with Gasteiger partial charge in [-0.2, -0.15) is 0 Å². The summed E-state index contributed by atoms with van der Waals surface area (Å²) in [7, 11) is 0. The zero-order valence-corrected chi connectivity index (χ0v) is 43.1. The summed E-state index contributed by atoms with van der Waals surface area (Å²) in [6, 6.07) is 73.9. The van der Waals surface area contributed by atoms with Crippen molar-refractivity contribution in [1.82, 2.24) is 9.55 Å². The van der Waals surface area contributed by atoms with Crippen LogP contribution in [0.25, 0.3) is 73.0 Å². The normalized spacial score (nSPS) is 18.7. The van der Waals surface area contributed by atoms with Crippen LogP contribution in [0.1, 0.15) is 114 Å². The quantitative estimate of drug-likeness (QED) is 0.162. The molecule has 16 rings (SSSR count). The van der Waals surface area contributed by atoms with Crippen LogP contribution >= 0.6 is 0 Å². The van der Waals surface area contributed by atoms with Crippen molar-refractivity contribution in [3.8, 4) is 27.9 Å². The van der Waals surface area contributed by atoms with Gasteiger partial charge in [0.2, 0.25) is 0 Å². The van der Waals surface area contributed by atoms with Crippen LogP contribution < -0.4 is 0 Å². The molecule has 1 atom stereocenters. The summed E-state index contributed by atoms with van der Waals surface area (Å²) in [6.45, 7) is 4.74. The molecule has 0 N–H and O–H groups in total. The summed E-state index contributed by atoms with van der Waals surface area (Å²) in [5.74, 6) is 0. The zero-order chi connectivity index (χ0) is 50.3. The molecule has 8 aromatic carbocycles. The van der Waals surface area contributed by atoms with E-state index in [-0.39, 0.29) is 5.41 Å². The van der Waals surface area contributed by atoms with Gasteiger partial charge in [0.25, 0.3) is 0 Å². The largest absolute Gasteiger partial charge is 0.309 e. The van der Waals surface area contributed by atoms with Gasteiger partial charge in [0.1, 0.15) is 0 Å². The molecule has 0 aliphatic heterocycles. The molecule has 0 fully saturated rings. The molecule has 0 saturated heterocycles. The van der Waals surface area contributed by atoms with Crippen LogP contribution in [0.5, 0.6) is 0 Å². The minimum atomic E-state index is -0.445. The number of hydrogen-bond acceptors (Lipinski definition) is 1. The molecule has 0 saturated carbocycles.